The standard InChI is InChI=1S/C34H38N6O2/c1-42-27-17-14-25(15-18-27)23-40-32(19-16-24-9-3-2-4-10-24)38-39-33(40)31(37-34(41)30-13-7-8-20-35-30)21-26-22-36-29-12-6-5-11-28(26)29/h2-6,9-12,14-15,17-18,22,30-31,35-36H,7-8,13,16,19-21,23H2,1H3,(H,37,41)/t30-,31?/m1/s1. The summed E-state index contributed by atoms with van der Waals surface area (Å²) >= 11 is 0. The first-order chi connectivity index (χ1) is 20.7. The van der Waals surface area contributed by atoms with Crippen LogP contribution in [0.5, 0.6) is 5.75 Å². The van der Waals surface area contributed by atoms with Gasteiger partial charge in [0.1, 0.15) is 11.6 Å². The summed E-state index contributed by atoms with van der Waals surface area (Å²) in [6.07, 6.45) is 7.23. The Bertz CT molecular complexity index is 1600. The Morgan fingerprint density at radius 2 is 1.79 bits per heavy atom. The number of ether oxygens (including phenoxy) is 1. The van der Waals surface area contributed by atoms with Crippen molar-refractivity contribution in [3.63, 3.8) is 0 Å². The molecule has 0 bridgehead atoms. The molecule has 8 heteroatoms. The number of fused-ring (bicyclic) bond motifs is 1. The minimum absolute atomic E-state index is 0.0179. The molecule has 1 amide bonds. The lowest BCUT2D eigenvalue weighted by Crippen LogP contribution is -2.48. The normalized spacial score (nSPS) is 15.9. The van der Waals surface area contributed by atoms with Crippen molar-refractivity contribution in [1.82, 2.24) is 30.4 Å². The van der Waals surface area contributed by atoms with Crippen molar-refractivity contribution in [1.29, 1.82) is 0 Å². The molecule has 1 fully saturated rings. The molecule has 1 aliphatic rings. The van der Waals surface area contributed by atoms with Gasteiger partial charge in [-0.3, -0.25) is 4.79 Å². The highest BCUT2D eigenvalue weighted by Crippen LogP contribution is 2.26. The van der Waals surface area contributed by atoms with Crippen LogP contribution in [0.15, 0.2) is 85.1 Å². The van der Waals surface area contributed by atoms with Crippen molar-refractivity contribution >= 4 is 16.8 Å². The third-order valence-corrected chi connectivity index (χ3v) is 8.19. The van der Waals surface area contributed by atoms with Gasteiger partial charge in [0.05, 0.1) is 25.7 Å². The zero-order valence-corrected chi connectivity index (χ0v) is 24.1. The van der Waals surface area contributed by atoms with Crippen molar-refractivity contribution in [2.45, 2.75) is 57.2 Å². The third-order valence-electron chi connectivity index (χ3n) is 8.19. The van der Waals surface area contributed by atoms with Crippen LogP contribution in [0.3, 0.4) is 0 Å². The zero-order valence-electron chi connectivity index (χ0n) is 24.1. The third kappa shape index (κ3) is 6.39. The highest BCUT2D eigenvalue weighted by Gasteiger charge is 2.28. The van der Waals surface area contributed by atoms with Gasteiger partial charge < -0.3 is 24.9 Å². The predicted molar refractivity (Wildman–Crippen MR) is 164 cm³/mol. The average molecular weight is 563 g/mol. The molecule has 1 aliphatic heterocycles. The van der Waals surface area contributed by atoms with Crippen LogP contribution in [0.2, 0.25) is 0 Å². The lowest BCUT2D eigenvalue weighted by atomic mass is 10.0. The number of nitrogens with zero attached hydrogens (tertiary/aromatic N) is 3. The number of piperidine rings is 1. The molecule has 3 N–H and O–H groups in total. The summed E-state index contributed by atoms with van der Waals surface area (Å²) in [5, 5.41) is 17.4. The van der Waals surface area contributed by atoms with Gasteiger partial charge in [0.25, 0.3) is 0 Å². The highest BCUT2D eigenvalue weighted by molar-refractivity contribution is 5.84. The number of nitrogens with one attached hydrogen (secondary N) is 3. The van der Waals surface area contributed by atoms with E-state index in [-0.39, 0.29) is 18.0 Å². The predicted octanol–water partition coefficient (Wildman–Crippen LogP) is 5.14. The summed E-state index contributed by atoms with van der Waals surface area (Å²) in [6.45, 7) is 1.46. The second-order valence-electron chi connectivity index (χ2n) is 11.0. The molecular formula is C34H38N6O2. The van der Waals surface area contributed by atoms with Gasteiger partial charge in [-0.15, -0.1) is 10.2 Å². The Labute approximate surface area is 246 Å². The van der Waals surface area contributed by atoms with Crippen LogP contribution in [0.25, 0.3) is 10.9 Å². The molecule has 2 atom stereocenters. The number of hydrogen-bond donors (Lipinski definition) is 3. The van der Waals surface area contributed by atoms with Gasteiger partial charge in [0.2, 0.25) is 5.91 Å². The average Bonchev–Trinajstić information content (AvgIpc) is 3.64. The first-order valence-electron chi connectivity index (χ1n) is 14.9. The maximum absolute atomic E-state index is 13.6. The Morgan fingerprint density at radius 1 is 0.976 bits per heavy atom. The molecule has 1 saturated heterocycles. The van der Waals surface area contributed by atoms with E-state index < -0.39 is 0 Å². The minimum Gasteiger partial charge on any atom is -0.497 e. The van der Waals surface area contributed by atoms with Crippen LogP contribution in [0.4, 0.5) is 0 Å². The number of carbonyl (C=O) groups excluding carboxylic acids is 1. The second-order valence-corrected chi connectivity index (χ2v) is 11.0. The van der Waals surface area contributed by atoms with E-state index in [1.54, 1.807) is 7.11 Å². The van der Waals surface area contributed by atoms with E-state index in [9.17, 15) is 4.79 Å². The van der Waals surface area contributed by atoms with E-state index in [4.69, 9.17) is 14.9 Å². The SMILES string of the molecule is COc1ccc(Cn2c(CCc3ccccc3)nnc2C(Cc2c[nH]c3ccccc23)NC(=O)[C@H]2CCCCN2)cc1. The monoisotopic (exact) mass is 562 g/mol. The van der Waals surface area contributed by atoms with Crippen LogP contribution in [0.1, 0.15) is 53.6 Å². The Kier molecular flexibility index (Phi) is 8.61. The quantitative estimate of drug-likeness (QED) is 0.207. The summed E-state index contributed by atoms with van der Waals surface area (Å²) in [7, 11) is 1.67. The summed E-state index contributed by atoms with van der Waals surface area (Å²) in [6, 6.07) is 26.3. The summed E-state index contributed by atoms with van der Waals surface area (Å²) in [5.41, 5.74) is 4.58. The van der Waals surface area contributed by atoms with Gasteiger partial charge in [-0.25, -0.2) is 0 Å². The molecule has 216 valence electrons. The number of hydrogen-bond acceptors (Lipinski definition) is 5. The largest absolute Gasteiger partial charge is 0.497 e. The molecule has 42 heavy (non-hydrogen) atoms. The number of aromatic amines is 1. The Morgan fingerprint density at radius 3 is 2.57 bits per heavy atom. The summed E-state index contributed by atoms with van der Waals surface area (Å²) in [4.78, 5) is 17.0. The number of H-pyrrole nitrogens is 1. The Hall–Kier alpha value is -4.43. The van der Waals surface area contributed by atoms with Crippen LogP contribution < -0.4 is 15.4 Å². The summed E-state index contributed by atoms with van der Waals surface area (Å²) < 4.78 is 7.58. The van der Waals surface area contributed by atoms with Crippen molar-refractivity contribution in [2.75, 3.05) is 13.7 Å². The van der Waals surface area contributed by atoms with E-state index in [0.29, 0.717) is 13.0 Å². The molecule has 3 aromatic carbocycles. The lowest BCUT2D eigenvalue weighted by molar-refractivity contribution is -0.124. The lowest BCUT2D eigenvalue weighted by Gasteiger charge is -2.26. The highest BCUT2D eigenvalue weighted by atomic mass is 16.5. The van der Waals surface area contributed by atoms with Crippen molar-refractivity contribution < 1.29 is 9.53 Å². The van der Waals surface area contributed by atoms with Gasteiger partial charge in [0.15, 0.2) is 5.82 Å². The molecular weight excluding hydrogens is 524 g/mol. The molecule has 2 aromatic heterocycles. The molecule has 0 saturated carbocycles. The number of amides is 1. The molecule has 8 nitrogen and oxygen atoms in total. The number of para-hydroxylation sites is 1. The van der Waals surface area contributed by atoms with E-state index in [1.165, 1.54) is 5.56 Å². The fourth-order valence-electron chi connectivity index (χ4n) is 5.85. The maximum Gasteiger partial charge on any atom is 0.237 e. The first kappa shape index (κ1) is 27.7. The number of rotatable bonds is 11. The van der Waals surface area contributed by atoms with Crippen LogP contribution in [-0.2, 0) is 30.6 Å². The smallest absolute Gasteiger partial charge is 0.237 e. The molecule has 3 heterocycles. The number of benzene rings is 3. The van der Waals surface area contributed by atoms with Crippen molar-refractivity contribution in [2.24, 2.45) is 0 Å². The number of methoxy groups -OCH3 is 1. The fraction of sp³-hybridized carbons (Fsp3) is 0.324. The minimum atomic E-state index is -0.350. The molecule has 0 aliphatic carbocycles. The van der Waals surface area contributed by atoms with Gasteiger partial charge in [-0.2, -0.15) is 0 Å². The van der Waals surface area contributed by atoms with Crippen LogP contribution >= 0.6 is 0 Å². The summed E-state index contributed by atoms with van der Waals surface area (Å²) in [5.74, 6) is 2.50. The molecule has 0 spiro atoms. The van der Waals surface area contributed by atoms with E-state index >= 15 is 0 Å². The zero-order chi connectivity index (χ0) is 28.7. The fourth-order valence-corrected chi connectivity index (χ4v) is 5.85. The molecule has 1 unspecified atom stereocenters. The molecule has 0 radical (unpaired) electrons. The van der Waals surface area contributed by atoms with E-state index in [2.05, 4.69) is 68.7 Å². The maximum atomic E-state index is 13.6. The van der Waals surface area contributed by atoms with Gasteiger partial charge in [-0.05, 0) is 60.7 Å². The van der Waals surface area contributed by atoms with Crippen molar-refractivity contribution in [3.8, 4) is 5.75 Å². The second kappa shape index (κ2) is 13.0. The number of aromatic nitrogens is 4. The topological polar surface area (TPSA) is 96.9 Å². The van der Waals surface area contributed by atoms with Gasteiger partial charge >= 0.3 is 0 Å². The Balaban J connectivity index is 1.36. The van der Waals surface area contributed by atoms with Gasteiger partial charge in [-0.1, -0.05) is 67.1 Å². The van der Waals surface area contributed by atoms with Crippen LogP contribution in [-0.4, -0.2) is 45.4 Å². The molecule has 5 aromatic rings. The van der Waals surface area contributed by atoms with E-state index in [0.717, 1.165) is 78.1 Å². The number of carbonyl (C=O) groups is 1. The number of aryl methyl sites for hydroxylation is 2. The van der Waals surface area contributed by atoms with Crippen molar-refractivity contribution in [3.05, 3.63) is 113 Å². The molecule has 6 rings (SSSR count). The van der Waals surface area contributed by atoms with E-state index in [1.807, 2.05) is 36.5 Å². The van der Waals surface area contributed by atoms with Crippen LogP contribution in [0, 0.1) is 0 Å². The first-order valence-corrected chi connectivity index (χ1v) is 14.9. The van der Waals surface area contributed by atoms with Gasteiger partial charge in [0, 0.05) is 29.9 Å².